The van der Waals surface area contributed by atoms with Gasteiger partial charge in [0.05, 0.1) is 0 Å². The molecule has 8 rings (SSSR count). The number of hydrogen-bond donors (Lipinski definition) is 0. The van der Waals surface area contributed by atoms with E-state index in [0.29, 0.717) is 17.5 Å². The van der Waals surface area contributed by atoms with Gasteiger partial charge in [-0.15, -0.1) is 0 Å². The molecule has 0 aliphatic heterocycles. The highest BCUT2D eigenvalue weighted by atomic mass is 15.0. The predicted molar refractivity (Wildman–Crippen MR) is 228 cm³/mol. The molecule has 0 unspecified atom stereocenters. The summed E-state index contributed by atoms with van der Waals surface area (Å²) < 4.78 is 0. The average Bonchev–Trinajstić information content (AvgIpc) is 3.23. The molecule has 0 N–H and O–H groups in total. The highest BCUT2D eigenvalue weighted by molar-refractivity contribution is 6.02. The maximum Gasteiger partial charge on any atom is 0.164 e. The average molecular weight is 699 g/mol. The van der Waals surface area contributed by atoms with Crippen molar-refractivity contribution in [3.05, 3.63) is 168 Å². The Morgan fingerprint density at radius 2 is 1.15 bits per heavy atom. The van der Waals surface area contributed by atoms with Crippen LogP contribution in [0.25, 0.3) is 90.1 Å². The largest absolute Gasteiger partial charge is 0.263 e. The third-order valence-corrected chi connectivity index (χ3v) is 10.2. The zero-order valence-electron chi connectivity index (χ0n) is 31.2. The number of aromatic nitrogens is 4. The van der Waals surface area contributed by atoms with Gasteiger partial charge in [-0.25, -0.2) is 15.0 Å². The van der Waals surface area contributed by atoms with E-state index in [1.807, 2.05) is 73.1 Å². The molecule has 4 heteroatoms. The summed E-state index contributed by atoms with van der Waals surface area (Å²) in [5.74, 6) is 1.88. The van der Waals surface area contributed by atoms with Crippen LogP contribution in [-0.2, 0) is 6.42 Å². The monoisotopic (exact) mass is 698 g/mol. The van der Waals surface area contributed by atoms with E-state index in [2.05, 4.69) is 118 Å². The van der Waals surface area contributed by atoms with E-state index in [1.165, 1.54) is 33.0 Å². The quantitative estimate of drug-likeness (QED) is 0.151. The lowest BCUT2D eigenvalue weighted by Crippen LogP contribution is -2.01. The van der Waals surface area contributed by atoms with Gasteiger partial charge >= 0.3 is 0 Å². The minimum Gasteiger partial charge on any atom is -0.263 e. The van der Waals surface area contributed by atoms with Gasteiger partial charge in [-0.05, 0) is 106 Å². The van der Waals surface area contributed by atoms with Crippen molar-refractivity contribution in [2.75, 3.05) is 0 Å². The first-order valence-electron chi connectivity index (χ1n) is 18.8. The summed E-state index contributed by atoms with van der Waals surface area (Å²) in [6.07, 6.45) is 14.8. The van der Waals surface area contributed by atoms with Crippen LogP contribution < -0.4 is 0 Å². The molecule has 0 aliphatic carbocycles. The van der Waals surface area contributed by atoms with E-state index in [9.17, 15) is 0 Å². The second kappa shape index (κ2) is 15.2. The van der Waals surface area contributed by atoms with Crippen LogP contribution in [-0.4, -0.2) is 19.9 Å². The van der Waals surface area contributed by atoms with Gasteiger partial charge in [0, 0.05) is 40.0 Å². The number of allylic oxidation sites excluding steroid dienone is 2. The molecule has 0 fully saturated rings. The molecule has 4 nitrogen and oxygen atoms in total. The summed E-state index contributed by atoms with van der Waals surface area (Å²) in [4.78, 5) is 19.9. The van der Waals surface area contributed by atoms with Crippen LogP contribution in [0.4, 0.5) is 0 Å². The lowest BCUT2D eigenvalue weighted by atomic mass is 9.86. The minimum atomic E-state index is 0.616. The smallest absolute Gasteiger partial charge is 0.164 e. The second-order valence-corrected chi connectivity index (χ2v) is 13.6. The fourth-order valence-corrected chi connectivity index (χ4v) is 7.54. The lowest BCUT2D eigenvalue weighted by Gasteiger charge is -2.18. The molecule has 2 aromatic heterocycles. The maximum atomic E-state index is 5.14. The van der Waals surface area contributed by atoms with E-state index in [-0.39, 0.29) is 0 Å². The van der Waals surface area contributed by atoms with Gasteiger partial charge in [0.15, 0.2) is 17.5 Å². The van der Waals surface area contributed by atoms with Gasteiger partial charge in [0.25, 0.3) is 0 Å². The third kappa shape index (κ3) is 6.63. The van der Waals surface area contributed by atoms with E-state index >= 15 is 0 Å². The number of nitrogens with zero attached hydrogens (tertiary/aromatic N) is 4. The Balaban J connectivity index is 1.41. The van der Waals surface area contributed by atoms with Crippen molar-refractivity contribution < 1.29 is 0 Å². The van der Waals surface area contributed by atoms with Crippen LogP contribution in [0.1, 0.15) is 49.4 Å². The van der Waals surface area contributed by atoms with Crippen LogP contribution in [0.3, 0.4) is 0 Å². The van der Waals surface area contributed by atoms with Crippen LogP contribution in [0, 0.1) is 6.92 Å². The predicted octanol–water partition coefficient (Wildman–Crippen LogP) is 13.2. The lowest BCUT2D eigenvalue weighted by molar-refractivity contribution is 1.07. The van der Waals surface area contributed by atoms with Crippen molar-refractivity contribution in [1.29, 1.82) is 0 Å². The number of pyridine rings is 1. The topological polar surface area (TPSA) is 51.6 Å². The molecule has 0 amide bonds. The van der Waals surface area contributed by atoms with Crippen molar-refractivity contribution in [2.45, 2.75) is 40.5 Å². The number of rotatable bonds is 9. The Bertz CT molecular complexity index is 2630. The van der Waals surface area contributed by atoms with Crippen LogP contribution in [0.2, 0.25) is 0 Å². The molecule has 0 saturated heterocycles. The molecule has 0 spiro atoms. The number of fused-ring (bicyclic) bond motifs is 2. The molecule has 6 aromatic carbocycles. The first-order valence-corrected chi connectivity index (χ1v) is 18.8. The highest BCUT2D eigenvalue weighted by Gasteiger charge is 2.18. The summed E-state index contributed by atoms with van der Waals surface area (Å²) in [6.45, 7) is 8.82. The van der Waals surface area contributed by atoms with E-state index in [4.69, 9.17) is 15.0 Å². The molecule has 0 atom stereocenters. The summed E-state index contributed by atoms with van der Waals surface area (Å²) in [6, 6.07) is 42.4. The standard InChI is InChI=1S/C50H42N4/c1-5-8-23-42-33(4)41(7-3)44(17-6-2)46-30-36(25-26-45(42)46)38-27-39(47-32-51-31-37-22-15-16-24-43(37)47)29-40(28-38)50-53-48(34-18-11-9-12-19-34)52-49(54-50)35-20-13-10-14-21-35/h6,8-32H,5,7H2,1-4H3/b17-6-,23-8-. The molecular weight excluding hydrogens is 657 g/mol. The van der Waals surface area contributed by atoms with Crippen molar-refractivity contribution in [1.82, 2.24) is 19.9 Å². The van der Waals surface area contributed by atoms with Gasteiger partial charge in [0.1, 0.15) is 0 Å². The molecule has 2 heterocycles. The van der Waals surface area contributed by atoms with Crippen molar-refractivity contribution in [2.24, 2.45) is 0 Å². The molecule has 0 bridgehead atoms. The van der Waals surface area contributed by atoms with Crippen molar-refractivity contribution in [3.8, 4) is 56.4 Å². The Labute approximate surface area is 317 Å². The maximum absolute atomic E-state index is 5.14. The number of benzene rings is 6. The van der Waals surface area contributed by atoms with Gasteiger partial charge < -0.3 is 0 Å². The van der Waals surface area contributed by atoms with Crippen molar-refractivity contribution in [3.63, 3.8) is 0 Å². The highest BCUT2D eigenvalue weighted by Crippen LogP contribution is 2.39. The van der Waals surface area contributed by atoms with E-state index in [0.717, 1.165) is 62.6 Å². The fraction of sp³-hybridized carbons (Fsp3) is 0.120. The van der Waals surface area contributed by atoms with E-state index < -0.39 is 0 Å². The molecule has 0 saturated carbocycles. The van der Waals surface area contributed by atoms with Crippen LogP contribution in [0.15, 0.2) is 146 Å². The second-order valence-electron chi connectivity index (χ2n) is 13.6. The third-order valence-electron chi connectivity index (χ3n) is 10.2. The molecule has 54 heavy (non-hydrogen) atoms. The van der Waals surface area contributed by atoms with Crippen molar-refractivity contribution >= 4 is 33.7 Å². The molecular formula is C50H42N4. The normalized spacial score (nSPS) is 11.7. The number of hydrogen-bond acceptors (Lipinski definition) is 4. The van der Waals surface area contributed by atoms with Crippen LogP contribution in [0.5, 0.6) is 0 Å². The zero-order valence-corrected chi connectivity index (χ0v) is 31.2. The summed E-state index contributed by atoms with van der Waals surface area (Å²) >= 11 is 0. The molecule has 8 aromatic rings. The minimum absolute atomic E-state index is 0.616. The summed E-state index contributed by atoms with van der Waals surface area (Å²) in [5, 5.41) is 4.75. The van der Waals surface area contributed by atoms with Gasteiger partial charge in [0.2, 0.25) is 0 Å². The Morgan fingerprint density at radius 3 is 1.81 bits per heavy atom. The molecule has 0 aliphatic rings. The summed E-state index contributed by atoms with van der Waals surface area (Å²) in [7, 11) is 0. The zero-order chi connectivity index (χ0) is 37.0. The SMILES string of the molecule is C/C=C\c1c(CC)c(C)c(/C=C\CC)c2ccc(-c3cc(-c4nc(-c5ccccc5)nc(-c5ccccc5)n4)cc(-c4cncc5ccccc45)c3)cc12. The fourth-order valence-electron chi connectivity index (χ4n) is 7.54. The Kier molecular flexibility index (Phi) is 9.74. The Morgan fingerprint density at radius 1 is 0.519 bits per heavy atom. The molecule has 262 valence electrons. The van der Waals surface area contributed by atoms with Gasteiger partial charge in [-0.1, -0.05) is 135 Å². The first-order chi connectivity index (χ1) is 26.6. The molecule has 0 radical (unpaired) electrons. The van der Waals surface area contributed by atoms with Crippen LogP contribution >= 0.6 is 0 Å². The Hall–Kier alpha value is -6.52. The van der Waals surface area contributed by atoms with E-state index in [1.54, 1.807) is 0 Å². The first kappa shape index (κ1) is 34.6. The summed E-state index contributed by atoms with van der Waals surface area (Å²) in [5.41, 5.74) is 12.4. The van der Waals surface area contributed by atoms with Gasteiger partial charge in [-0.3, -0.25) is 4.98 Å². The van der Waals surface area contributed by atoms with Gasteiger partial charge in [-0.2, -0.15) is 0 Å².